The minimum Gasteiger partial charge on any atom is -0.549 e. The van der Waals surface area contributed by atoms with E-state index in [1.165, 1.54) is 24.6 Å². The van der Waals surface area contributed by atoms with Gasteiger partial charge in [0.25, 0.3) is 0 Å². The summed E-state index contributed by atoms with van der Waals surface area (Å²) in [4.78, 5) is 10.9. The Bertz CT molecular complexity index is 1010. The SMILES string of the molecule is O=C([O-])CSc1nnc(C2CCCCC2)n1/N=C\c1ccc2ccccc2c1. The first-order valence-electron chi connectivity index (χ1n) is 9.52. The van der Waals surface area contributed by atoms with E-state index in [0.717, 1.165) is 41.4 Å². The zero-order valence-electron chi connectivity index (χ0n) is 15.5. The van der Waals surface area contributed by atoms with Crippen LogP contribution >= 0.6 is 11.8 Å². The summed E-state index contributed by atoms with van der Waals surface area (Å²) in [5.41, 5.74) is 0.970. The van der Waals surface area contributed by atoms with Gasteiger partial charge in [-0.1, -0.05) is 67.4 Å². The van der Waals surface area contributed by atoms with E-state index in [1.54, 1.807) is 10.9 Å². The van der Waals surface area contributed by atoms with Gasteiger partial charge < -0.3 is 9.90 Å². The Kier molecular flexibility index (Phi) is 5.71. The van der Waals surface area contributed by atoms with E-state index in [9.17, 15) is 9.90 Å². The number of carboxylic acid groups (broad SMARTS) is 1. The van der Waals surface area contributed by atoms with Crippen molar-refractivity contribution in [3.05, 3.63) is 53.9 Å². The van der Waals surface area contributed by atoms with Crippen molar-refractivity contribution in [1.29, 1.82) is 0 Å². The summed E-state index contributed by atoms with van der Waals surface area (Å²) in [5, 5.41) is 26.9. The zero-order chi connectivity index (χ0) is 19.3. The number of benzene rings is 2. The smallest absolute Gasteiger partial charge is 0.212 e. The monoisotopic (exact) mass is 393 g/mol. The highest BCUT2D eigenvalue weighted by atomic mass is 32.2. The summed E-state index contributed by atoms with van der Waals surface area (Å²) in [6.07, 6.45) is 7.51. The Morgan fingerprint density at radius 2 is 1.93 bits per heavy atom. The summed E-state index contributed by atoms with van der Waals surface area (Å²) in [6, 6.07) is 14.3. The van der Waals surface area contributed by atoms with E-state index >= 15 is 0 Å². The van der Waals surface area contributed by atoms with Gasteiger partial charge in [0.15, 0.2) is 5.82 Å². The number of nitrogens with zero attached hydrogens (tertiary/aromatic N) is 4. The maximum Gasteiger partial charge on any atom is 0.212 e. The van der Waals surface area contributed by atoms with Crippen molar-refractivity contribution in [2.75, 3.05) is 5.75 Å². The number of hydrogen-bond donors (Lipinski definition) is 0. The fourth-order valence-electron chi connectivity index (χ4n) is 3.63. The van der Waals surface area contributed by atoms with Gasteiger partial charge in [0.05, 0.1) is 12.2 Å². The molecule has 0 amide bonds. The fourth-order valence-corrected chi connectivity index (χ4v) is 4.24. The molecule has 0 N–H and O–H groups in total. The molecule has 1 aliphatic carbocycles. The average molecular weight is 393 g/mol. The van der Waals surface area contributed by atoms with Crippen LogP contribution in [0.5, 0.6) is 0 Å². The Balaban J connectivity index is 1.65. The lowest BCUT2D eigenvalue weighted by molar-refractivity contribution is -0.301. The first kappa shape index (κ1) is 18.7. The molecule has 0 atom stereocenters. The van der Waals surface area contributed by atoms with Gasteiger partial charge in [0.2, 0.25) is 5.16 Å². The molecule has 0 radical (unpaired) electrons. The molecule has 1 saturated carbocycles. The third kappa shape index (κ3) is 4.25. The highest BCUT2D eigenvalue weighted by Crippen LogP contribution is 2.33. The van der Waals surface area contributed by atoms with Gasteiger partial charge in [0.1, 0.15) is 0 Å². The molecule has 7 heteroatoms. The van der Waals surface area contributed by atoms with Gasteiger partial charge in [-0.15, -0.1) is 10.2 Å². The molecular formula is C21H21N4O2S-. The van der Waals surface area contributed by atoms with Crippen LogP contribution in [-0.4, -0.2) is 32.8 Å². The number of aromatic nitrogens is 3. The molecule has 4 rings (SSSR count). The van der Waals surface area contributed by atoms with Crippen molar-refractivity contribution in [2.24, 2.45) is 5.10 Å². The second-order valence-electron chi connectivity index (χ2n) is 7.00. The summed E-state index contributed by atoms with van der Waals surface area (Å²) >= 11 is 1.09. The molecule has 3 aromatic rings. The third-order valence-corrected chi connectivity index (χ3v) is 5.91. The average Bonchev–Trinajstić information content (AvgIpc) is 3.14. The fraction of sp³-hybridized carbons (Fsp3) is 0.333. The Morgan fingerprint density at radius 3 is 2.71 bits per heavy atom. The Labute approximate surface area is 167 Å². The van der Waals surface area contributed by atoms with Gasteiger partial charge in [-0.25, -0.2) is 0 Å². The molecular weight excluding hydrogens is 372 g/mol. The van der Waals surface area contributed by atoms with Crippen molar-refractivity contribution in [3.8, 4) is 0 Å². The number of carbonyl (C=O) groups excluding carboxylic acids is 1. The van der Waals surface area contributed by atoms with Crippen LogP contribution in [0.3, 0.4) is 0 Å². The van der Waals surface area contributed by atoms with Crippen molar-refractivity contribution in [2.45, 2.75) is 43.2 Å². The van der Waals surface area contributed by atoms with Crippen LogP contribution in [0.15, 0.2) is 52.7 Å². The maximum atomic E-state index is 10.9. The first-order chi connectivity index (χ1) is 13.7. The van der Waals surface area contributed by atoms with Gasteiger partial charge in [-0.05, 0) is 35.2 Å². The zero-order valence-corrected chi connectivity index (χ0v) is 16.3. The number of carboxylic acids is 1. The molecule has 0 unspecified atom stereocenters. The molecule has 1 aromatic heterocycles. The second kappa shape index (κ2) is 8.56. The molecule has 6 nitrogen and oxygen atoms in total. The quantitative estimate of drug-likeness (QED) is 0.474. The molecule has 0 bridgehead atoms. The van der Waals surface area contributed by atoms with Crippen LogP contribution in [0.25, 0.3) is 10.8 Å². The normalized spacial score (nSPS) is 15.4. The minimum atomic E-state index is -1.13. The number of aliphatic carboxylic acids is 1. The van der Waals surface area contributed by atoms with Crippen LogP contribution in [0, 0.1) is 0 Å². The van der Waals surface area contributed by atoms with E-state index in [1.807, 2.05) is 18.2 Å². The first-order valence-corrected chi connectivity index (χ1v) is 10.5. The number of rotatable bonds is 6. The predicted octanol–water partition coefficient (Wildman–Crippen LogP) is 3.20. The van der Waals surface area contributed by atoms with Crippen molar-refractivity contribution in [1.82, 2.24) is 14.9 Å². The molecule has 2 aromatic carbocycles. The Hall–Kier alpha value is -2.67. The van der Waals surface area contributed by atoms with E-state index in [-0.39, 0.29) is 5.75 Å². The summed E-state index contributed by atoms with van der Waals surface area (Å²) in [5.74, 6) is -0.170. The van der Waals surface area contributed by atoms with Crippen LogP contribution in [0.2, 0.25) is 0 Å². The van der Waals surface area contributed by atoms with Crippen LogP contribution in [0.1, 0.15) is 49.4 Å². The molecule has 1 aliphatic rings. The van der Waals surface area contributed by atoms with Crippen LogP contribution in [-0.2, 0) is 4.79 Å². The van der Waals surface area contributed by atoms with E-state index in [4.69, 9.17) is 0 Å². The molecule has 28 heavy (non-hydrogen) atoms. The lowest BCUT2D eigenvalue weighted by Crippen LogP contribution is -2.24. The number of hydrogen-bond acceptors (Lipinski definition) is 6. The highest BCUT2D eigenvalue weighted by Gasteiger charge is 2.23. The lowest BCUT2D eigenvalue weighted by Gasteiger charge is -2.20. The van der Waals surface area contributed by atoms with Gasteiger partial charge in [-0.3, -0.25) is 0 Å². The third-order valence-electron chi connectivity index (χ3n) is 5.02. The maximum absolute atomic E-state index is 10.9. The standard InChI is InChI=1S/C21H22N4O2S/c26-19(27)14-28-21-24-23-20(17-7-2-1-3-8-17)25(21)22-13-15-10-11-16-6-4-5-9-18(16)12-15/h4-6,9-13,17H,1-3,7-8,14H2,(H,26,27)/p-1/b22-13-. The number of carbonyl (C=O) groups is 1. The van der Waals surface area contributed by atoms with Crippen molar-refractivity contribution in [3.63, 3.8) is 0 Å². The van der Waals surface area contributed by atoms with E-state index < -0.39 is 5.97 Å². The molecule has 1 heterocycles. The molecule has 0 aliphatic heterocycles. The van der Waals surface area contributed by atoms with E-state index in [2.05, 4.69) is 39.6 Å². The van der Waals surface area contributed by atoms with Gasteiger partial charge in [0, 0.05) is 11.7 Å². The predicted molar refractivity (Wildman–Crippen MR) is 109 cm³/mol. The molecule has 144 valence electrons. The minimum absolute atomic E-state index is 0.172. The summed E-state index contributed by atoms with van der Waals surface area (Å²) in [6.45, 7) is 0. The molecule has 0 saturated heterocycles. The number of fused-ring (bicyclic) bond motifs is 1. The van der Waals surface area contributed by atoms with Crippen molar-refractivity contribution < 1.29 is 9.90 Å². The van der Waals surface area contributed by atoms with Crippen molar-refractivity contribution >= 4 is 34.7 Å². The lowest BCUT2D eigenvalue weighted by atomic mass is 9.89. The second-order valence-corrected chi connectivity index (χ2v) is 7.94. The number of thioether (sulfide) groups is 1. The van der Waals surface area contributed by atoms with E-state index in [0.29, 0.717) is 11.1 Å². The van der Waals surface area contributed by atoms with Gasteiger partial charge in [-0.2, -0.15) is 9.78 Å². The summed E-state index contributed by atoms with van der Waals surface area (Å²) in [7, 11) is 0. The Morgan fingerprint density at radius 1 is 1.14 bits per heavy atom. The van der Waals surface area contributed by atoms with Crippen LogP contribution in [0.4, 0.5) is 0 Å². The topological polar surface area (TPSA) is 83.2 Å². The van der Waals surface area contributed by atoms with Gasteiger partial charge >= 0.3 is 0 Å². The largest absolute Gasteiger partial charge is 0.549 e. The molecule has 0 spiro atoms. The van der Waals surface area contributed by atoms with Crippen LogP contribution < -0.4 is 5.11 Å². The summed E-state index contributed by atoms with van der Waals surface area (Å²) < 4.78 is 1.71. The molecule has 1 fully saturated rings. The highest BCUT2D eigenvalue weighted by molar-refractivity contribution is 7.99.